The molecule has 0 atom stereocenters. The minimum Gasteiger partial charge on any atom is -0.508 e. The van der Waals surface area contributed by atoms with E-state index in [1.807, 2.05) is 52.0 Å². The Morgan fingerprint density at radius 3 is 1.88 bits per heavy atom. The summed E-state index contributed by atoms with van der Waals surface area (Å²) in [5.74, 6) is 0.0600. The summed E-state index contributed by atoms with van der Waals surface area (Å²) < 4.78 is 0. The van der Waals surface area contributed by atoms with Crippen LogP contribution in [0.15, 0.2) is 36.4 Å². The average Bonchev–Trinajstić information content (AvgIpc) is 2.63. The summed E-state index contributed by atoms with van der Waals surface area (Å²) in [4.78, 5) is 0. The Bertz CT molecular complexity index is 807. The number of halogens is 1. The van der Waals surface area contributed by atoms with E-state index in [1.54, 1.807) is 12.1 Å². The van der Waals surface area contributed by atoms with Crippen molar-refractivity contribution in [3.8, 4) is 11.5 Å². The summed E-state index contributed by atoms with van der Waals surface area (Å²) in [5, 5.41) is 31.0. The van der Waals surface area contributed by atoms with Crippen LogP contribution in [-0.4, -0.2) is 20.5 Å². The highest BCUT2D eigenvalue weighted by Crippen LogP contribution is 2.48. The van der Waals surface area contributed by atoms with Gasteiger partial charge in [-0.3, -0.25) is 0 Å². The van der Waals surface area contributed by atoms with E-state index in [1.165, 1.54) is 11.1 Å². The molecular weight excluding hydrogens is 338 g/mol. The van der Waals surface area contributed by atoms with E-state index in [0.29, 0.717) is 0 Å². The van der Waals surface area contributed by atoms with Crippen molar-refractivity contribution >= 4 is 24.6 Å². The van der Waals surface area contributed by atoms with E-state index >= 15 is 0 Å². The number of nitrogens with zero attached hydrogens (tertiary/aromatic N) is 1. The summed E-state index contributed by atoms with van der Waals surface area (Å²) in [6, 6.07) is 10.6. The molecular formula is C20H24ClNO3. The molecule has 1 heterocycles. The molecule has 0 aliphatic carbocycles. The molecule has 1 aliphatic rings. The molecule has 0 bridgehead atoms. The van der Waals surface area contributed by atoms with Crippen molar-refractivity contribution in [2.75, 3.05) is 0 Å². The number of phenols is 2. The number of hydroxylamine groups is 2. The van der Waals surface area contributed by atoms with Crippen molar-refractivity contribution in [2.45, 2.75) is 38.8 Å². The maximum Gasteiger partial charge on any atom is 0.119 e. The largest absolute Gasteiger partial charge is 0.508 e. The van der Waals surface area contributed by atoms with Gasteiger partial charge in [0.2, 0.25) is 0 Å². The second-order valence-electron chi connectivity index (χ2n) is 7.35. The van der Waals surface area contributed by atoms with Gasteiger partial charge >= 0.3 is 0 Å². The van der Waals surface area contributed by atoms with E-state index in [2.05, 4.69) is 6.07 Å². The molecule has 0 unspecified atom stereocenters. The van der Waals surface area contributed by atoms with Crippen LogP contribution in [0.5, 0.6) is 11.5 Å². The predicted molar refractivity (Wildman–Crippen MR) is 102 cm³/mol. The Kier molecular flexibility index (Phi) is 4.92. The molecule has 0 saturated carbocycles. The average molecular weight is 362 g/mol. The van der Waals surface area contributed by atoms with Crippen molar-refractivity contribution in [1.29, 1.82) is 0 Å². The summed E-state index contributed by atoms with van der Waals surface area (Å²) >= 11 is 0. The van der Waals surface area contributed by atoms with Gasteiger partial charge in [-0.2, -0.15) is 5.06 Å². The van der Waals surface area contributed by atoms with Gasteiger partial charge in [0.1, 0.15) is 11.5 Å². The van der Waals surface area contributed by atoms with Crippen LogP contribution in [-0.2, 0) is 11.1 Å². The lowest BCUT2D eigenvalue weighted by Gasteiger charge is -2.34. The number of benzene rings is 2. The quantitative estimate of drug-likeness (QED) is 0.668. The standard InChI is InChI=1S/C20H23NO3.ClH/c1-19(2)17-8-7-13(11-18(17)20(3,4)21(19)24)5-6-14-9-15(22)12-16(23)10-14;/h5-12,22-24H,1-4H3;1H/b6-5+;. The molecule has 25 heavy (non-hydrogen) atoms. The lowest BCUT2D eigenvalue weighted by atomic mass is 9.89. The van der Waals surface area contributed by atoms with Gasteiger partial charge in [-0.15, -0.1) is 12.4 Å². The summed E-state index contributed by atoms with van der Waals surface area (Å²) in [7, 11) is 0. The second-order valence-corrected chi connectivity index (χ2v) is 7.35. The summed E-state index contributed by atoms with van der Waals surface area (Å²) in [6.07, 6.45) is 3.77. The topological polar surface area (TPSA) is 63.9 Å². The fourth-order valence-electron chi connectivity index (χ4n) is 3.54. The number of phenolic OH excluding ortho intramolecular Hbond substituents is 2. The first kappa shape index (κ1) is 19.3. The van der Waals surface area contributed by atoms with Crippen LogP contribution in [0.4, 0.5) is 0 Å². The number of hydrogen-bond donors (Lipinski definition) is 3. The normalized spacial score (nSPS) is 18.1. The first-order valence-corrected chi connectivity index (χ1v) is 7.98. The minimum atomic E-state index is -0.466. The van der Waals surface area contributed by atoms with E-state index in [4.69, 9.17) is 0 Å². The van der Waals surface area contributed by atoms with E-state index in [0.717, 1.165) is 22.3 Å². The molecule has 0 radical (unpaired) electrons. The van der Waals surface area contributed by atoms with Gasteiger partial charge in [0.15, 0.2) is 0 Å². The van der Waals surface area contributed by atoms with E-state index in [9.17, 15) is 15.4 Å². The third-order valence-electron chi connectivity index (χ3n) is 4.81. The highest BCUT2D eigenvalue weighted by molar-refractivity contribution is 5.85. The van der Waals surface area contributed by atoms with Gasteiger partial charge in [-0.1, -0.05) is 24.3 Å². The Balaban J connectivity index is 0.00000225. The maximum absolute atomic E-state index is 10.5. The van der Waals surface area contributed by atoms with Gasteiger partial charge in [-0.05, 0) is 68.1 Å². The first-order chi connectivity index (χ1) is 11.1. The van der Waals surface area contributed by atoms with Gasteiger partial charge in [0, 0.05) is 6.07 Å². The lowest BCUT2D eigenvalue weighted by Crippen LogP contribution is -2.42. The smallest absolute Gasteiger partial charge is 0.119 e. The summed E-state index contributed by atoms with van der Waals surface area (Å²) in [5.41, 5.74) is 3.02. The van der Waals surface area contributed by atoms with Gasteiger partial charge in [-0.25, -0.2) is 0 Å². The van der Waals surface area contributed by atoms with Crippen LogP contribution < -0.4 is 0 Å². The van der Waals surface area contributed by atoms with Crippen LogP contribution in [0.1, 0.15) is 49.9 Å². The van der Waals surface area contributed by atoms with Crippen molar-refractivity contribution < 1.29 is 15.4 Å². The number of fused-ring (bicyclic) bond motifs is 1. The van der Waals surface area contributed by atoms with Crippen molar-refractivity contribution in [1.82, 2.24) is 5.06 Å². The van der Waals surface area contributed by atoms with E-state index in [-0.39, 0.29) is 23.9 Å². The zero-order chi connectivity index (χ0) is 17.7. The number of aromatic hydroxyl groups is 2. The molecule has 2 aromatic rings. The second kappa shape index (κ2) is 6.37. The lowest BCUT2D eigenvalue weighted by molar-refractivity contribution is -0.216. The number of rotatable bonds is 2. The van der Waals surface area contributed by atoms with Crippen molar-refractivity contribution in [3.05, 3.63) is 58.7 Å². The van der Waals surface area contributed by atoms with Crippen LogP contribution in [0.25, 0.3) is 12.2 Å². The molecule has 0 amide bonds. The van der Waals surface area contributed by atoms with Crippen LogP contribution in [0, 0.1) is 0 Å². The van der Waals surface area contributed by atoms with Crippen molar-refractivity contribution in [3.63, 3.8) is 0 Å². The van der Waals surface area contributed by atoms with Gasteiger partial charge in [0.05, 0.1) is 11.1 Å². The van der Waals surface area contributed by atoms with Crippen LogP contribution in [0.3, 0.4) is 0 Å². The summed E-state index contributed by atoms with van der Waals surface area (Å²) in [6.45, 7) is 8.01. The monoisotopic (exact) mass is 361 g/mol. The fourth-order valence-corrected chi connectivity index (χ4v) is 3.54. The zero-order valence-corrected chi connectivity index (χ0v) is 15.6. The van der Waals surface area contributed by atoms with Crippen LogP contribution >= 0.6 is 12.4 Å². The molecule has 0 saturated heterocycles. The molecule has 4 nitrogen and oxygen atoms in total. The van der Waals surface area contributed by atoms with Gasteiger partial charge < -0.3 is 15.4 Å². The minimum absolute atomic E-state index is 0. The molecule has 1 aliphatic heterocycles. The Hall–Kier alpha value is -2.01. The molecule has 5 heteroatoms. The first-order valence-electron chi connectivity index (χ1n) is 7.98. The van der Waals surface area contributed by atoms with Crippen molar-refractivity contribution in [2.24, 2.45) is 0 Å². The molecule has 0 spiro atoms. The Morgan fingerprint density at radius 2 is 1.28 bits per heavy atom. The van der Waals surface area contributed by atoms with Gasteiger partial charge in [0.25, 0.3) is 0 Å². The Morgan fingerprint density at radius 1 is 0.760 bits per heavy atom. The molecule has 3 N–H and O–H groups in total. The molecule has 134 valence electrons. The molecule has 2 aromatic carbocycles. The SMILES string of the molecule is CC1(C)c2ccc(/C=C/c3cc(O)cc(O)c3)cc2C(C)(C)N1O.Cl. The highest BCUT2D eigenvalue weighted by atomic mass is 35.5. The Labute approximate surface area is 154 Å². The maximum atomic E-state index is 10.5. The third-order valence-corrected chi connectivity index (χ3v) is 4.81. The molecule has 0 fully saturated rings. The fraction of sp³-hybridized carbons (Fsp3) is 0.300. The molecule has 0 aromatic heterocycles. The van der Waals surface area contributed by atoms with E-state index < -0.39 is 11.1 Å². The van der Waals surface area contributed by atoms with Crippen LogP contribution in [0.2, 0.25) is 0 Å². The highest BCUT2D eigenvalue weighted by Gasteiger charge is 2.48. The predicted octanol–water partition coefficient (Wildman–Crippen LogP) is 4.87. The molecule has 3 rings (SSSR count). The third kappa shape index (κ3) is 3.25. The number of hydrogen-bond acceptors (Lipinski definition) is 4. The zero-order valence-electron chi connectivity index (χ0n) is 14.8.